The molecule has 132 valence electrons. The van der Waals surface area contributed by atoms with Gasteiger partial charge in [-0.1, -0.05) is 29.8 Å². The molecule has 0 spiro atoms. The van der Waals surface area contributed by atoms with Crippen LogP contribution in [0, 0.1) is 13.8 Å². The first-order valence-electron chi connectivity index (χ1n) is 8.65. The number of hydrogen-bond acceptors (Lipinski definition) is 5. The van der Waals surface area contributed by atoms with E-state index in [0.717, 1.165) is 25.0 Å². The molecule has 1 unspecified atom stereocenters. The molecule has 1 aliphatic heterocycles. The van der Waals surface area contributed by atoms with E-state index >= 15 is 0 Å². The number of benzene rings is 1. The molecular formula is C19H24N4O2. The fourth-order valence-electron chi connectivity index (χ4n) is 2.89. The molecule has 3 rings (SSSR count). The number of amides is 1. The Bertz CT molecular complexity index is 742. The molecule has 1 saturated heterocycles. The van der Waals surface area contributed by atoms with E-state index in [4.69, 9.17) is 4.74 Å². The van der Waals surface area contributed by atoms with Gasteiger partial charge in [0.15, 0.2) is 0 Å². The Morgan fingerprint density at radius 2 is 2.16 bits per heavy atom. The molecule has 1 aromatic carbocycles. The Kier molecular flexibility index (Phi) is 5.60. The number of nitrogens with one attached hydrogen (secondary N) is 2. The second kappa shape index (κ2) is 8.07. The Morgan fingerprint density at radius 1 is 1.28 bits per heavy atom. The van der Waals surface area contributed by atoms with Crippen LogP contribution < -0.4 is 10.6 Å². The van der Waals surface area contributed by atoms with E-state index in [-0.39, 0.29) is 12.0 Å². The highest BCUT2D eigenvalue weighted by Crippen LogP contribution is 2.14. The standard InChI is InChI=1S/C19H24N4O2/c1-13-5-3-6-15(9-13)11-21-19(24)17-10-18(23-14(2)22-17)20-12-16-7-4-8-25-16/h3,5-6,9-10,16H,4,7-8,11-12H2,1-2H3,(H,21,24)(H,20,22,23). The van der Waals surface area contributed by atoms with Gasteiger partial charge in [-0.2, -0.15) is 0 Å². The lowest BCUT2D eigenvalue weighted by Gasteiger charge is -2.12. The summed E-state index contributed by atoms with van der Waals surface area (Å²) >= 11 is 0. The van der Waals surface area contributed by atoms with E-state index < -0.39 is 0 Å². The summed E-state index contributed by atoms with van der Waals surface area (Å²) in [5.41, 5.74) is 2.61. The number of carbonyl (C=O) groups is 1. The number of carbonyl (C=O) groups excluding carboxylic acids is 1. The fourth-order valence-corrected chi connectivity index (χ4v) is 2.89. The average molecular weight is 340 g/mol. The van der Waals surface area contributed by atoms with Crippen LogP contribution in [0.3, 0.4) is 0 Å². The van der Waals surface area contributed by atoms with Crippen molar-refractivity contribution in [3.63, 3.8) is 0 Å². The van der Waals surface area contributed by atoms with Gasteiger partial charge in [0.25, 0.3) is 5.91 Å². The van der Waals surface area contributed by atoms with Crippen LogP contribution in [0.5, 0.6) is 0 Å². The first-order chi connectivity index (χ1) is 12.1. The SMILES string of the molecule is Cc1cccc(CNC(=O)c2cc(NCC3CCCO3)nc(C)n2)c1. The van der Waals surface area contributed by atoms with Crippen molar-refractivity contribution in [3.05, 3.63) is 53.0 Å². The molecule has 0 aliphatic carbocycles. The Labute approximate surface area is 148 Å². The summed E-state index contributed by atoms with van der Waals surface area (Å²) in [6.45, 7) is 5.81. The van der Waals surface area contributed by atoms with Crippen molar-refractivity contribution in [3.8, 4) is 0 Å². The van der Waals surface area contributed by atoms with Crippen LogP contribution in [0.1, 0.15) is 40.3 Å². The van der Waals surface area contributed by atoms with Crippen molar-refractivity contribution < 1.29 is 9.53 Å². The van der Waals surface area contributed by atoms with Crippen LogP contribution in [-0.2, 0) is 11.3 Å². The minimum atomic E-state index is -0.202. The van der Waals surface area contributed by atoms with E-state index in [2.05, 4.69) is 26.7 Å². The van der Waals surface area contributed by atoms with Crippen molar-refractivity contribution >= 4 is 11.7 Å². The summed E-state index contributed by atoms with van der Waals surface area (Å²) < 4.78 is 5.59. The third-order valence-corrected chi connectivity index (χ3v) is 4.14. The van der Waals surface area contributed by atoms with Crippen LogP contribution in [0.4, 0.5) is 5.82 Å². The van der Waals surface area contributed by atoms with Crippen molar-refractivity contribution in [1.29, 1.82) is 0 Å². The Hall–Kier alpha value is -2.47. The molecule has 0 bridgehead atoms. The molecular weight excluding hydrogens is 316 g/mol. The van der Waals surface area contributed by atoms with Crippen LogP contribution in [0.25, 0.3) is 0 Å². The molecule has 1 fully saturated rings. The highest BCUT2D eigenvalue weighted by Gasteiger charge is 2.16. The first kappa shape index (κ1) is 17.4. The van der Waals surface area contributed by atoms with Gasteiger partial charge < -0.3 is 15.4 Å². The molecule has 2 N–H and O–H groups in total. The van der Waals surface area contributed by atoms with Gasteiger partial charge in [0.05, 0.1) is 6.10 Å². The first-order valence-corrected chi connectivity index (χ1v) is 8.65. The molecule has 2 heterocycles. The molecule has 1 amide bonds. The van der Waals surface area contributed by atoms with Crippen molar-refractivity contribution in [1.82, 2.24) is 15.3 Å². The van der Waals surface area contributed by atoms with Crippen LogP contribution in [-0.4, -0.2) is 35.1 Å². The minimum absolute atomic E-state index is 0.202. The number of hydrogen-bond donors (Lipinski definition) is 2. The van der Waals surface area contributed by atoms with Gasteiger partial charge in [-0.25, -0.2) is 9.97 Å². The summed E-state index contributed by atoms with van der Waals surface area (Å²) in [5.74, 6) is 1.02. The summed E-state index contributed by atoms with van der Waals surface area (Å²) in [7, 11) is 0. The van der Waals surface area contributed by atoms with Crippen LogP contribution in [0.2, 0.25) is 0 Å². The number of rotatable bonds is 6. The monoisotopic (exact) mass is 340 g/mol. The Balaban J connectivity index is 1.61. The smallest absolute Gasteiger partial charge is 0.270 e. The number of aromatic nitrogens is 2. The van der Waals surface area contributed by atoms with Crippen molar-refractivity contribution in [2.24, 2.45) is 0 Å². The molecule has 0 radical (unpaired) electrons. The molecule has 1 aliphatic rings. The molecule has 2 aromatic rings. The summed E-state index contributed by atoms with van der Waals surface area (Å²) in [6.07, 6.45) is 2.37. The minimum Gasteiger partial charge on any atom is -0.376 e. The van der Waals surface area contributed by atoms with E-state index in [1.807, 2.05) is 25.1 Å². The Morgan fingerprint density at radius 3 is 2.92 bits per heavy atom. The van der Waals surface area contributed by atoms with Crippen molar-refractivity contribution in [2.75, 3.05) is 18.5 Å². The number of aryl methyl sites for hydroxylation is 2. The number of nitrogens with zero attached hydrogens (tertiary/aromatic N) is 2. The second-order valence-electron chi connectivity index (χ2n) is 6.37. The van der Waals surface area contributed by atoms with Gasteiger partial charge in [-0.15, -0.1) is 0 Å². The number of anilines is 1. The molecule has 1 atom stereocenters. The zero-order valence-electron chi connectivity index (χ0n) is 14.7. The third-order valence-electron chi connectivity index (χ3n) is 4.14. The normalized spacial score (nSPS) is 16.6. The lowest BCUT2D eigenvalue weighted by atomic mass is 10.1. The third kappa shape index (κ3) is 5.00. The van der Waals surface area contributed by atoms with Crippen molar-refractivity contribution in [2.45, 2.75) is 39.3 Å². The lowest BCUT2D eigenvalue weighted by molar-refractivity contribution is 0.0945. The highest BCUT2D eigenvalue weighted by molar-refractivity contribution is 5.92. The zero-order valence-corrected chi connectivity index (χ0v) is 14.7. The topological polar surface area (TPSA) is 76.1 Å². The van der Waals surface area contributed by atoms with Gasteiger partial charge in [-0.05, 0) is 32.3 Å². The van der Waals surface area contributed by atoms with E-state index in [1.54, 1.807) is 13.0 Å². The fraction of sp³-hybridized carbons (Fsp3) is 0.421. The molecule has 6 nitrogen and oxygen atoms in total. The molecule has 0 saturated carbocycles. The van der Waals surface area contributed by atoms with E-state index in [9.17, 15) is 4.79 Å². The molecule has 1 aromatic heterocycles. The highest BCUT2D eigenvalue weighted by atomic mass is 16.5. The number of ether oxygens (including phenoxy) is 1. The average Bonchev–Trinajstić information content (AvgIpc) is 3.11. The van der Waals surface area contributed by atoms with Crippen LogP contribution >= 0.6 is 0 Å². The van der Waals surface area contributed by atoms with Gasteiger partial charge >= 0.3 is 0 Å². The summed E-state index contributed by atoms with van der Waals surface area (Å²) in [4.78, 5) is 21.0. The lowest BCUT2D eigenvalue weighted by Crippen LogP contribution is -2.25. The maximum atomic E-state index is 12.4. The summed E-state index contributed by atoms with van der Waals surface area (Å²) in [6, 6.07) is 9.75. The maximum absolute atomic E-state index is 12.4. The van der Waals surface area contributed by atoms with E-state index in [0.29, 0.717) is 30.4 Å². The predicted molar refractivity (Wildman–Crippen MR) is 96.6 cm³/mol. The van der Waals surface area contributed by atoms with Gasteiger partial charge in [0, 0.05) is 25.8 Å². The van der Waals surface area contributed by atoms with E-state index in [1.165, 1.54) is 5.56 Å². The second-order valence-corrected chi connectivity index (χ2v) is 6.37. The van der Waals surface area contributed by atoms with Gasteiger partial charge in [0.2, 0.25) is 0 Å². The quantitative estimate of drug-likeness (QED) is 0.845. The molecule has 6 heteroatoms. The largest absolute Gasteiger partial charge is 0.376 e. The van der Waals surface area contributed by atoms with Gasteiger partial charge in [0.1, 0.15) is 17.3 Å². The van der Waals surface area contributed by atoms with Crippen LogP contribution in [0.15, 0.2) is 30.3 Å². The predicted octanol–water partition coefficient (Wildman–Crippen LogP) is 2.61. The summed E-state index contributed by atoms with van der Waals surface area (Å²) in [5, 5.41) is 6.16. The maximum Gasteiger partial charge on any atom is 0.270 e. The molecule has 25 heavy (non-hydrogen) atoms. The zero-order chi connectivity index (χ0) is 17.6. The van der Waals surface area contributed by atoms with Gasteiger partial charge in [-0.3, -0.25) is 4.79 Å².